The molecule has 0 aliphatic rings. The minimum Gasteiger partial charge on any atom is -0.298 e. The number of nitrogens with zero attached hydrogens (tertiary/aromatic N) is 1. The predicted octanol–water partition coefficient (Wildman–Crippen LogP) is 3.71. The van der Waals surface area contributed by atoms with Gasteiger partial charge in [-0.15, -0.1) is 0 Å². The molecule has 0 spiro atoms. The lowest BCUT2D eigenvalue weighted by Gasteiger charge is -2.06. The highest BCUT2D eigenvalue weighted by atomic mass is 16.1. The molecule has 2 heteroatoms. The van der Waals surface area contributed by atoms with Gasteiger partial charge in [0.05, 0.1) is 0 Å². The SMILES string of the molecule is O=Cc1cncc(-c2cccc3ccccc23)c1. The van der Waals surface area contributed by atoms with Gasteiger partial charge in [-0.25, -0.2) is 0 Å². The molecule has 3 rings (SSSR count). The standard InChI is InChI=1S/C16H11NO/c18-11-12-8-14(10-17-9-12)16-7-3-5-13-4-1-2-6-15(13)16/h1-11H. The number of fused-ring (bicyclic) bond motifs is 1. The molecule has 0 fully saturated rings. The second kappa shape index (κ2) is 4.41. The zero-order valence-electron chi connectivity index (χ0n) is 9.71. The molecule has 0 radical (unpaired) electrons. The maximum Gasteiger partial charge on any atom is 0.151 e. The fraction of sp³-hybridized carbons (Fsp3) is 0. The van der Waals surface area contributed by atoms with Crippen LogP contribution in [0.5, 0.6) is 0 Å². The summed E-state index contributed by atoms with van der Waals surface area (Å²) in [5.74, 6) is 0. The van der Waals surface area contributed by atoms with Crippen molar-refractivity contribution in [1.82, 2.24) is 4.98 Å². The largest absolute Gasteiger partial charge is 0.298 e. The molecule has 18 heavy (non-hydrogen) atoms. The normalized spacial score (nSPS) is 10.4. The van der Waals surface area contributed by atoms with Crippen molar-refractivity contribution in [2.75, 3.05) is 0 Å². The zero-order valence-corrected chi connectivity index (χ0v) is 9.71. The fourth-order valence-corrected chi connectivity index (χ4v) is 2.15. The molecule has 0 aliphatic carbocycles. The van der Waals surface area contributed by atoms with Crippen molar-refractivity contribution in [2.24, 2.45) is 0 Å². The average molecular weight is 233 g/mol. The third kappa shape index (κ3) is 1.78. The molecule has 0 atom stereocenters. The minimum atomic E-state index is 0.598. The Bertz CT molecular complexity index is 714. The Morgan fingerprint density at radius 3 is 2.67 bits per heavy atom. The van der Waals surface area contributed by atoms with Gasteiger partial charge in [0.25, 0.3) is 0 Å². The van der Waals surface area contributed by atoms with Crippen LogP contribution in [0.2, 0.25) is 0 Å². The lowest BCUT2D eigenvalue weighted by molar-refractivity contribution is 0.112. The molecule has 0 amide bonds. The second-order valence-electron chi connectivity index (χ2n) is 4.15. The summed E-state index contributed by atoms with van der Waals surface area (Å²) >= 11 is 0. The highest BCUT2D eigenvalue weighted by molar-refractivity contribution is 5.97. The first-order valence-electron chi connectivity index (χ1n) is 5.77. The second-order valence-corrected chi connectivity index (χ2v) is 4.15. The first kappa shape index (κ1) is 10.7. The molecule has 0 saturated carbocycles. The summed E-state index contributed by atoms with van der Waals surface area (Å²) in [5.41, 5.74) is 2.67. The van der Waals surface area contributed by atoms with Crippen LogP contribution in [0, 0.1) is 0 Å². The van der Waals surface area contributed by atoms with Crippen molar-refractivity contribution in [3.63, 3.8) is 0 Å². The summed E-state index contributed by atoms with van der Waals surface area (Å²) < 4.78 is 0. The Morgan fingerprint density at radius 1 is 0.944 bits per heavy atom. The number of aldehydes is 1. The van der Waals surface area contributed by atoms with E-state index in [1.807, 2.05) is 30.3 Å². The average Bonchev–Trinajstić information content (AvgIpc) is 2.47. The number of pyridine rings is 1. The van der Waals surface area contributed by atoms with Crippen molar-refractivity contribution in [3.05, 3.63) is 66.5 Å². The first-order valence-corrected chi connectivity index (χ1v) is 5.77. The summed E-state index contributed by atoms with van der Waals surface area (Å²) in [6.45, 7) is 0. The molecular weight excluding hydrogens is 222 g/mol. The number of hydrogen-bond acceptors (Lipinski definition) is 2. The lowest BCUT2D eigenvalue weighted by atomic mass is 9.99. The summed E-state index contributed by atoms with van der Waals surface area (Å²) in [7, 11) is 0. The fourth-order valence-electron chi connectivity index (χ4n) is 2.15. The highest BCUT2D eigenvalue weighted by Crippen LogP contribution is 2.28. The molecule has 2 nitrogen and oxygen atoms in total. The van der Waals surface area contributed by atoms with Gasteiger partial charge in [-0.05, 0) is 22.4 Å². The summed E-state index contributed by atoms with van der Waals surface area (Å²) in [4.78, 5) is 14.9. The third-order valence-corrected chi connectivity index (χ3v) is 3.00. The molecule has 2 aromatic carbocycles. The first-order chi connectivity index (χ1) is 8.88. The van der Waals surface area contributed by atoms with Crippen LogP contribution in [-0.4, -0.2) is 11.3 Å². The van der Waals surface area contributed by atoms with E-state index < -0.39 is 0 Å². The predicted molar refractivity (Wildman–Crippen MR) is 72.6 cm³/mol. The van der Waals surface area contributed by atoms with Gasteiger partial charge in [0.1, 0.15) is 0 Å². The molecule has 86 valence electrons. The highest BCUT2D eigenvalue weighted by Gasteiger charge is 2.04. The summed E-state index contributed by atoms with van der Waals surface area (Å²) in [6, 6.07) is 16.2. The van der Waals surface area contributed by atoms with E-state index >= 15 is 0 Å². The molecule has 0 saturated heterocycles. The van der Waals surface area contributed by atoms with E-state index in [1.54, 1.807) is 12.4 Å². The Hall–Kier alpha value is -2.48. The topological polar surface area (TPSA) is 30.0 Å². The number of hydrogen-bond donors (Lipinski definition) is 0. The molecule has 1 aromatic heterocycles. The quantitative estimate of drug-likeness (QED) is 0.631. The summed E-state index contributed by atoms with van der Waals surface area (Å²) in [6.07, 6.45) is 4.18. The van der Waals surface area contributed by atoms with Crippen molar-refractivity contribution in [3.8, 4) is 11.1 Å². The molecule has 0 bridgehead atoms. The van der Waals surface area contributed by atoms with Crippen molar-refractivity contribution in [2.45, 2.75) is 0 Å². The van der Waals surface area contributed by atoms with Gasteiger partial charge in [0.2, 0.25) is 0 Å². The Labute approximate surface area is 105 Å². The van der Waals surface area contributed by atoms with Crippen LogP contribution in [0.1, 0.15) is 10.4 Å². The molecular formula is C16H11NO. The van der Waals surface area contributed by atoms with Gasteiger partial charge in [0, 0.05) is 23.5 Å². The molecule has 0 N–H and O–H groups in total. The van der Waals surface area contributed by atoms with Gasteiger partial charge in [0.15, 0.2) is 6.29 Å². The third-order valence-electron chi connectivity index (χ3n) is 3.00. The van der Waals surface area contributed by atoms with Crippen LogP contribution >= 0.6 is 0 Å². The zero-order chi connectivity index (χ0) is 12.4. The Balaban J connectivity index is 2.27. The molecule has 1 heterocycles. The van der Waals surface area contributed by atoms with Gasteiger partial charge in [-0.1, -0.05) is 42.5 Å². The van der Waals surface area contributed by atoms with Crippen LogP contribution < -0.4 is 0 Å². The van der Waals surface area contributed by atoms with E-state index in [0.717, 1.165) is 17.4 Å². The molecule has 0 unspecified atom stereocenters. The molecule has 3 aromatic rings. The van der Waals surface area contributed by atoms with E-state index in [9.17, 15) is 4.79 Å². The smallest absolute Gasteiger partial charge is 0.151 e. The number of carbonyl (C=O) groups is 1. The van der Waals surface area contributed by atoms with Crippen molar-refractivity contribution in [1.29, 1.82) is 0 Å². The van der Waals surface area contributed by atoms with E-state index in [-0.39, 0.29) is 0 Å². The van der Waals surface area contributed by atoms with Crippen LogP contribution in [0.4, 0.5) is 0 Å². The van der Waals surface area contributed by atoms with Crippen LogP contribution in [0.25, 0.3) is 21.9 Å². The molecule has 0 aliphatic heterocycles. The van der Waals surface area contributed by atoms with Crippen LogP contribution in [0.3, 0.4) is 0 Å². The Morgan fingerprint density at radius 2 is 1.78 bits per heavy atom. The van der Waals surface area contributed by atoms with E-state index in [1.165, 1.54) is 10.8 Å². The number of benzene rings is 2. The van der Waals surface area contributed by atoms with E-state index in [4.69, 9.17) is 0 Å². The van der Waals surface area contributed by atoms with E-state index in [0.29, 0.717) is 5.56 Å². The van der Waals surface area contributed by atoms with Gasteiger partial charge < -0.3 is 0 Å². The lowest BCUT2D eigenvalue weighted by Crippen LogP contribution is -1.86. The minimum absolute atomic E-state index is 0.598. The van der Waals surface area contributed by atoms with E-state index in [2.05, 4.69) is 23.2 Å². The van der Waals surface area contributed by atoms with Crippen LogP contribution in [0.15, 0.2) is 60.9 Å². The summed E-state index contributed by atoms with van der Waals surface area (Å²) in [5, 5.41) is 2.36. The number of carbonyl (C=O) groups excluding carboxylic acids is 1. The Kier molecular flexibility index (Phi) is 2.61. The van der Waals surface area contributed by atoms with Gasteiger partial charge in [-0.3, -0.25) is 9.78 Å². The van der Waals surface area contributed by atoms with Crippen molar-refractivity contribution < 1.29 is 4.79 Å². The number of rotatable bonds is 2. The maximum absolute atomic E-state index is 10.8. The van der Waals surface area contributed by atoms with Crippen LogP contribution in [-0.2, 0) is 0 Å². The number of aromatic nitrogens is 1. The monoisotopic (exact) mass is 233 g/mol. The van der Waals surface area contributed by atoms with Crippen molar-refractivity contribution >= 4 is 17.1 Å². The van der Waals surface area contributed by atoms with Gasteiger partial charge in [-0.2, -0.15) is 0 Å². The maximum atomic E-state index is 10.8. The van der Waals surface area contributed by atoms with Gasteiger partial charge >= 0.3 is 0 Å².